The van der Waals surface area contributed by atoms with Crippen molar-refractivity contribution in [2.75, 3.05) is 18.1 Å². The van der Waals surface area contributed by atoms with Crippen LogP contribution in [-0.4, -0.2) is 39.5 Å². The number of anilines is 1. The quantitative estimate of drug-likeness (QED) is 0.639. The Balaban J connectivity index is 1.60. The van der Waals surface area contributed by atoms with Crippen LogP contribution in [0.4, 0.5) is 19.0 Å². The Morgan fingerprint density at radius 3 is 2.89 bits per heavy atom. The molecule has 0 saturated heterocycles. The number of alkyl halides is 2. The highest BCUT2D eigenvalue weighted by molar-refractivity contribution is 7.07. The van der Waals surface area contributed by atoms with Gasteiger partial charge in [-0.25, -0.2) is 28.1 Å². The fourth-order valence-corrected chi connectivity index (χ4v) is 3.68. The minimum Gasteiger partial charge on any atom is -0.471 e. The summed E-state index contributed by atoms with van der Waals surface area (Å²) in [5.41, 5.74) is 4.28. The highest BCUT2D eigenvalue weighted by Gasteiger charge is 2.27. The lowest BCUT2D eigenvalue weighted by molar-refractivity contribution is 0.0794. The minimum atomic E-state index is -2.65. The standard InChI is InChI=1S/C18H16F3N5OS/c1-10-12-6-22-18(14-8-28-9-23-14)24-13(12)2-3-26(10)16-4-11(19)5-17(25-16)27-7-15(20)21/h4-6,8-10,15H,2-3,7H2,1H3. The first-order valence-corrected chi connectivity index (χ1v) is 9.55. The van der Waals surface area contributed by atoms with Gasteiger partial charge >= 0.3 is 0 Å². The maximum absolute atomic E-state index is 14.0. The summed E-state index contributed by atoms with van der Waals surface area (Å²) in [6.45, 7) is 1.66. The van der Waals surface area contributed by atoms with Gasteiger partial charge in [0.1, 0.15) is 17.3 Å². The molecular weight excluding hydrogens is 391 g/mol. The summed E-state index contributed by atoms with van der Waals surface area (Å²) in [4.78, 5) is 19.3. The van der Waals surface area contributed by atoms with Crippen LogP contribution in [0.25, 0.3) is 11.5 Å². The van der Waals surface area contributed by atoms with Crippen LogP contribution in [0.1, 0.15) is 24.2 Å². The largest absolute Gasteiger partial charge is 0.471 e. The second-order valence-corrected chi connectivity index (χ2v) is 6.99. The normalized spacial score (nSPS) is 16.3. The highest BCUT2D eigenvalue weighted by atomic mass is 32.1. The number of aromatic nitrogens is 4. The fourth-order valence-electron chi connectivity index (χ4n) is 3.15. The average molecular weight is 407 g/mol. The van der Waals surface area contributed by atoms with Gasteiger partial charge in [-0.2, -0.15) is 4.98 Å². The maximum atomic E-state index is 14.0. The van der Waals surface area contributed by atoms with Crippen molar-refractivity contribution in [2.45, 2.75) is 25.8 Å². The Bertz CT molecular complexity index is 970. The molecule has 0 radical (unpaired) electrons. The van der Waals surface area contributed by atoms with E-state index in [1.54, 1.807) is 11.7 Å². The van der Waals surface area contributed by atoms with Crippen LogP contribution < -0.4 is 9.64 Å². The van der Waals surface area contributed by atoms with E-state index >= 15 is 0 Å². The smallest absolute Gasteiger partial charge is 0.272 e. The SMILES string of the molecule is CC1c2cnc(-c3cscn3)nc2CCN1c1cc(F)cc(OCC(F)F)n1. The van der Waals surface area contributed by atoms with Gasteiger partial charge in [0.2, 0.25) is 5.88 Å². The zero-order chi connectivity index (χ0) is 19.7. The Kier molecular flexibility index (Phi) is 5.12. The molecule has 0 saturated carbocycles. The van der Waals surface area contributed by atoms with Crippen molar-refractivity contribution in [1.82, 2.24) is 19.9 Å². The van der Waals surface area contributed by atoms with E-state index in [4.69, 9.17) is 4.74 Å². The number of fused-ring (bicyclic) bond motifs is 1. The average Bonchev–Trinajstić information content (AvgIpc) is 3.21. The lowest BCUT2D eigenvalue weighted by Gasteiger charge is -2.35. The van der Waals surface area contributed by atoms with Crippen molar-refractivity contribution < 1.29 is 17.9 Å². The van der Waals surface area contributed by atoms with Gasteiger partial charge in [0.15, 0.2) is 12.4 Å². The van der Waals surface area contributed by atoms with E-state index in [0.717, 1.165) is 23.0 Å². The second kappa shape index (κ2) is 7.70. The molecule has 0 amide bonds. The van der Waals surface area contributed by atoms with E-state index in [9.17, 15) is 13.2 Å². The van der Waals surface area contributed by atoms with E-state index in [-0.39, 0.29) is 11.9 Å². The van der Waals surface area contributed by atoms with Gasteiger partial charge in [-0.05, 0) is 6.92 Å². The first-order chi connectivity index (χ1) is 13.5. The number of hydrogen-bond acceptors (Lipinski definition) is 7. The van der Waals surface area contributed by atoms with Gasteiger partial charge in [-0.3, -0.25) is 0 Å². The molecule has 1 aliphatic heterocycles. The first kappa shape index (κ1) is 18.6. The molecule has 3 aromatic heterocycles. The van der Waals surface area contributed by atoms with Crippen molar-refractivity contribution in [3.05, 3.63) is 46.3 Å². The molecule has 0 aromatic carbocycles. The van der Waals surface area contributed by atoms with E-state index < -0.39 is 18.8 Å². The third kappa shape index (κ3) is 3.77. The number of halogens is 3. The van der Waals surface area contributed by atoms with Gasteiger partial charge in [0, 0.05) is 42.2 Å². The fraction of sp³-hybridized carbons (Fsp3) is 0.333. The van der Waals surface area contributed by atoms with Gasteiger partial charge in [0.25, 0.3) is 6.43 Å². The number of pyridine rings is 1. The summed E-state index contributed by atoms with van der Waals surface area (Å²) >= 11 is 1.48. The lowest BCUT2D eigenvalue weighted by Crippen LogP contribution is -2.35. The van der Waals surface area contributed by atoms with Crippen LogP contribution >= 0.6 is 11.3 Å². The third-order valence-corrected chi connectivity index (χ3v) is 5.06. The zero-order valence-corrected chi connectivity index (χ0v) is 15.7. The summed E-state index contributed by atoms with van der Waals surface area (Å²) in [5, 5.41) is 1.89. The Hall–Kier alpha value is -2.75. The Morgan fingerprint density at radius 1 is 1.29 bits per heavy atom. The van der Waals surface area contributed by atoms with E-state index in [1.807, 2.05) is 17.2 Å². The molecule has 4 rings (SSSR count). The van der Waals surface area contributed by atoms with Crippen LogP contribution in [0.5, 0.6) is 5.88 Å². The number of thiazole rings is 1. The molecule has 0 bridgehead atoms. The molecule has 4 heterocycles. The van der Waals surface area contributed by atoms with Crippen molar-refractivity contribution in [2.24, 2.45) is 0 Å². The van der Waals surface area contributed by atoms with E-state index in [0.29, 0.717) is 24.6 Å². The van der Waals surface area contributed by atoms with E-state index in [1.165, 1.54) is 17.4 Å². The summed E-state index contributed by atoms with van der Waals surface area (Å²) in [5.74, 6) is 0.143. The second-order valence-electron chi connectivity index (χ2n) is 6.27. The summed E-state index contributed by atoms with van der Waals surface area (Å²) in [6.07, 6.45) is -0.287. The Labute approximate surface area is 163 Å². The minimum absolute atomic E-state index is 0.162. The maximum Gasteiger partial charge on any atom is 0.272 e. The van der Waals surface area contributed by atoms with Gasteiger partial charge in [-0.15, -0.1) is 11.3 Å². The number of hydrogen-bond donors (Lipinski definition) is 0. The molecule has 6 nitrogen and oxygen atoms in total. The van der Waals surface area contributed by atoms with Gasteiger partial charge in [0.05, 0.1) is 17.2 Å². The molecule has 1 aliphatic rings. The van der Waals surface area contributed by atoms with Crippen molar-refractivity contribution in [3.8, 4) is 17.4 Å². The highest BCUT2D eigenvalue weighted by Crippen LogP contribution is 2.33. The van der Waals surface area contributed by atoms with Crippen LogP contribution in [-0.2, 0) is 6.42 Å². The molecule has 0 fully saturated rings. The molecule has 1 atom stereocenters. The molecule has 146 valence electrons. The summed E-state index contributed by atoms with van der Waals surface area (Å²) < 4.78 is 43.6. The molecule has 1 unspecified atom stereocenters. The molecule has 0 spiro atoms. The Morgan fingerprint density at radius 2 is 2.14 bits per heavy atom. The number of nitrogens with zero attached hydrogens (tertiary/aromatic N) is 5. The van der Waals surface area contributed by atoms with Gasteiger partial charge in [-0.1, -0.05) is 0 Å². The lowest BCUT2D eigenvalue weighted by atomic mass is 9.99. The number of rotatable bonds is 5. The van der Waals surface area contributed by atoms with Crippen LogP contribution in [0, 0.1) is 5.82 Å². The predicted molar refractivity (Wildman–Crippen MR) is 98.3 cm³/mol. The topological polar surface area (TPSA) is 64.0 Å². The first-order valence-electron chi connectivity index (χ1n) is 8.61. The van der Waals surface area contributed by atoms with Crippen molar-refractivity contribution >= 4 is 17.2 Å². The molecule has 0 N–H and O–H groups in total. The zero-order valence-electron chi connectivity index (χ0n) is 14.8. The van der Waals surface area contributed by atoms with Crippen molar-refractivity contribution in [3.63, 3.8) is 0 Å². The monoisotopic (exact) mass is 407 g/mol. The molecule has 0 aliphatic carbocycles. The predicted octanol–water partition coefficient (Wildman–Crippen LogP) is 3.90. The van der Waals surface area contributed by atoms with Crippen LogP contribution in [0.15, 0.2) is 29.2 Å². The number of ether oxygens (including phenoxy) is 1. The summed E-state index contributed by atoms with van der Waals surface area (Å²) in [6, 6.07) is 2.10. The van der Waals surface area contributed by atoms with E-state index in [2.05, 4.69) is 19.9 Å². The summed E-state index contributed by atoms with van der Waals surface area (Å²) in [7, 11) is 0. The molecular formula is C18H16F3N5OS. The van der Waals surface area contributed by atoms with Crippen LogP contribution in [0.2, 0.25) is 0 Å². The molecule has 28 heavy (non-hydrogen) atoms. The third-order valence-electron chi connectivity index (χ3n) is 4.47. The molecule has 10 heteroatoms. The molecule has 3 aromatic rings. The van der Waals surface area contributed by atoms with Gasteiger partial charge < -0.3 is 9.64 Å². The van der Waals surface area contributed by atoms with Crippen molar-refractivity contribution in [1.29, 1.82) is 0 Å². The van der Waals surface area contributed by atoms with Crippen LogP contribution in [0.3, 0.4) is 0 Å².